The molecule has 1 aliphatic heterocycles. The van der Waals surface area contributed by atoms with Crippen molar-refractivity contribution in [3.63, 3.8) is 0 Å². The number of amides is 1. The van der Waals surface area contributed by atoms with Crippen LogP contribution in [-0.2, 0) is 16.1 Å². The second-order valence-corrected chi connectivity index (χ2v) is 7.66. The molecule has 0 saturated carbocycles. The fourth-order valence-electron chi connectivity index (χ4n) is 3.51. The summed E-state index contributed by atoms with van der Waals surface area (Å²) in [7, 11) is 0. The Kier molecular flexibility index (Phi) is 6.25. The highest BCUT2D eigenvalue weighted by atomic mass is 19.1. The first kappa shape index (κ1) is 21.6. The lowest BCUT2D eigenvalue weighted by Gasteiger charge is -2.30. The lowest BCUT2D eigenvalue weighted by molar-refractivity contribution is -0.152. The average molecular weight is 441 g/mol. The number of hydrogen-bond acceptors (Lipinski definition) is 6. The number of benzene rings is 2. The minimum absolute atomic E-state index is 0.109. The van der Waals surface area contributed by atoms with Gasteiger partial charge in [0, 0.05) is 24.2 Å². The van der Waals surface area contributed by atoms with Crippen LogP contribution in [0.25, 0.3) is 11.4 Å². The van der Waals surface area contributed by atoms with Crippen molar-refractivity contribution in [1.82, 2.24) is 15.0 Å². The van der Waals surface area contributed by atoms with E-state index in [2.05, 4.69) is 10.1 Å². The van der Waals surface area contributed by atoms with Gasteiger partial charge < -0.3 is 14.2 Å². The van der Waals surface area contributed by atoms with E-state index in [0.717, 1.165) is 0 Å². The maximum atomic E-state index is 13.7. The second kappa shape index (κ2) is 9.25. The number of nitrogens with zero attached hydrogens (tertiary/aromatic N) is 3. The number of rotatable bonds is 5. The molecule has 1 fully saturated rings. The molecule has 166 valence electrons. The van der Waals surface area contributed by atoms with Crippen LogP contribution in [0, 0.1) is 24.5 Å². The highest BCUT2D eigenvalue weighted by Gasteiger charge is 2.29. The molecule has 0 spiro atoms. The minimum atomic E-state index is -0.403. The van der Waals surface area contributed by atoms with Gasteiger partial charge in [-0.2, -0.15) is 4.98 Å². The van der Waals surface area contributed by atoms with Gasteiger partial charge in [0.25, 0.3) is 11.8 Å². The van der Waals surface area contributed by atoms with Gasteiger partial charge in [-0.3, -0.25) is 9.59 Å². The number of ether oxygens (including phenoxy) is 1. The maximum Gasteiger partial charge on any atom is 0.309 e. The Hall–Kier alpha value is -3.62. The molecule has 4 rings (SSSR count). The molecule has 1 aliphatic rings. The number of carbonyl (C=O) groups excluding carboxylic acids is 2. The van der Waals surface area contributed by atoms with Gasteiger partial charge in [-0.1, -0.05) is 17.3 Å². The summed E-state index contributed by atoms with van der Waals surface area (Å²) in [5.41, 5.74) is 1.39. The normalized spacial score (nSPS) is 14.4. The van der Waals surface area contributed by atoms with Gasteiger partial charge in [0.1, 0.15) is 11.6 Å². The highest BCUT2D eigenvalue weighted by Crippen LogP contribution is 2.22. The summed E-state index contributed by atoms with van der Waals surface area (Å²) >= 11 is 0. The third-order valence-electron chi connectivity index (χ3n) is 5.44. The average Bonchev–Trinajstić information content (AvgIpc) is 3.28. The van der Waals surface area contributed by atoms with Gasteiger partial charge in [0.2, 0.25) is 5.82 Å². The largest absolute Gasteiger partial charge is 0.455 e. The molecule has 0 radical (unpaired) electrons. The summed E-state index contributed by atoms with van der Waals surface area (Å²) in [5.74, 6) is -1.39. The van der Waals surface area contributed by atoms with E-state index in [1.165, 1.54) is 30.3 Å². The number of esters is 1. The monoisotopic (exact) mass is 441 g/mol. The van der Waals surface area contributed by atoms with Crippen molar-refractivity contribution in [2.45, 2.75) is 26.4 Å². The van der Waals surface area contributed by atoms with Gasteiger partial charge in [0.05, 0.1) is 5.92 Å². The molecule has 7 nitrogen and oxygen atoms in total. The lowest BCUT2D eigenvalue weighted by Crippen LogP contribution is -2.40. The highest BCUT2D eigenvalue weighted by molar-refractivity contribution is 5.94. The number of piperidine rings is 1. The van der Waals surface area contributed by atoms with Gasteiger partial charge in [-0.25, -0.2) is 8.78 Å². The molecular weight excluding hydrogens is 420 g/mol. The van der Waals surface area contributed by atoms with E-state index in [1.807, 2.05) is 0 Å². The van der Waals surface area contributed by atoms with Gasteiger partial charge >= 0.3 is 5.97 Å². The van der Waals surface area contributed by atoms with E-state index in [9.17, 15) is 18.4 Å². The third kappa shape index (κ3) is 4.82. The van der Waals surface area contributed by atoms with Crippen LogP contribution in [0.5, 0.6) is 0 Å². The second-order valence-electron chi connectivity index (χ2n) is 7.66. The van der Waals surface area contributed by atoms with E-state index in [1.54, 1.807) is 24.0 Å². The molecule has 3 aromatic rings. The van der Waals surface area contributed by atoms with Gasteiger partial charge in [-0.15, -0.1) is 0 Å². The Morgan fingerprint density at radius 3 is 2.53 bits per heavy atom. The van der Waals surface area contributed by atoms with Crippen molar-refractivity contribution >= 4 is 11.9 Å². The summed E-state index contributed by atoms with van der Waals surface area (Å²) in [6.07, 6.45) is 0.924. The van der Waals surface area contributed by atoms with Crippen LogP contribution < -0.4 is 0 Å². The summed E-state index contributed by atoms with van der Waals surface area (Å²) in [6.45, 7) is 2.28. The van der Waals surface area contributed by atoms with E-state index in [0.29, 0.717) is 42.6 Å². The Balaban J connectivity index is 1.27. The van der Waals surface area contributed by atoms with Crippen LogP contribution in [0.4, 0.5) is 8.78 Å². The molecule has 9 heteroatoms. The molecular formula is C23H21F2N3O4. The molecule has 0 unspecified atom stereocenters. The maximum absolute atomic E-state index is 13.7. The smallest absolute Gasteiger partial charge is 0.309 e. The first-order valence-electron chi connectivity index (χ1n) is 10.2. The van der Waals surface area contributed by atoms with Crippen LogP contribution in [0.15, 0.2) is 47.0 Å². The molecule has 2 heterocycles. The number of aromatic nitrogens is 2. The fraction of sp³-hybridized carbons (Fsp3) is 0.304. The van der Waals surface area contributed by atoms with Crippen molar-refractivity contribution < 1.29 is 27.6 Å². The molecule has 1 aromatic heterocycles. The SMILES string of the molecule is Cc1ccc(-c2noc(COC(=O)C3CCN(C(=O)c4ccc(F)cc4)CC3)n2)cc1F. The summed E-state index contributed by atoms with van der Waals surface area (Å²) < 4.78 is 37.2. The van der Waals surface area contributed by atoms with Gasteiger partial charge in [0.15, 0.2) is 6.61 Å². The van der Waals surface area contributed by atoms with Crippen LogP contribution >= 0.6 is 0 Å². The zero-order chi connectivity index (χ0) is 22.7. The van der Waals surface area contributed by atoms with Crippen LogP contribution in [0.3, 0.4) is 0 Å². The Morgan fingerprint density at radius 2 is 1.84 bits per heavy atom. The van der Waals surface area contributed by atoms with E-state index >= 15 is 0 Å². The molecule has 1 amide bonds. The zero-order valence-electron chi connectivity index (χ0n) is 17.4. The van der Waals surface area contributed by atoms with Crippen molar-refractivity contribution in [2.24, 2.45) is 5.92 Å². The van der Waals surface area contributed by atoms with Crippen LogP contribution in [0.2, 0.25) is 0 Å². The predicted molar refractivity (Wildman–Crippen MR) is 109 cm³/mol. The molecule has 0 bridgehead atoms. The molecule has 2 aromatic carbocycles. The van der Waals surface area contributed by atoms with E-state index in [4.69, 9.17) is 9.26 Å². The third-order valence-corrected chi connectivity index (χ3v) is 5.44. The molecule has 0 N–H and O–H groups in total. The van der Waals surface area contributed by atoms with Crippen molar-refractivity contribution in [3.8, 4) is 11.4 Å². The van der Waals surface area contributed by atoms with Crippen molar-refractivity contribution in [1.29, 1.82) is 0 Å². The summed E-state index contributed by atoms with van der Waals surface area (Å²) in [4.78, 5) is 30.7. The van der Waals surface area contributed by atoms with Crippen molar-refractivity contribution in [2.75, 3.05) is 13.1 Å². The molecule has 0 aliphatic carbocycles. The molecule has 1 saturated heterocycles. The Labute approximate surface area is 183 Å². The number of hydrogen-bond donors (Lipinski definition) is 0. The minimum Gasteiger partial charge on any atom is -0.455 e. The number of carbonyl (C=O) groups is 2. The zero-order valence-corrected chi connectivity index (χ0v) is 17.4. The quantitative estimate of drug-likeness (QED) is 0.558. The van der Waals surface area contributed by atoms with E-state index < -0.39 is 11.8 Å². The van der Waals surface area contributed by atoms with Crippen molar-refractivity contribution in [3.05, 3.63) is 71.1 Å². The number of aryl methyl sites for hydroxylation is 1. The first-order chi connectivity index (χ1) is 15.4. The fourth-order valence-corrected chi connectivity index (χ4v) is 3.51. The summed E-state index contributed by atoms with van der Waals surface area (Å²) in [6, 6.07) is 10.00. The number of halogens is 2. The van der Waals surface area contributed by atoms with Crippen LogP contribution in [-0.4, -0.2) is 40.0 Å². The topological polar surface area (TPSA) is 85.5 Å². The van der Waals surface area contributed by atoms with E-state index in [-0.39, 0.29) is 36.0 Å². The predicted octanol–water partition coefficient (Wildman–Crippen LogP) is 3.92. The van der Waals surface area contributed by atoms with Crippen LogP contribution in [0.1, 0.15) is 34.7 Å². The standard InChI is InChI=1S/C23H21F2N3O4/c1-14-2-3-17(12-19(14)25)21-26-20(32-27-21)13-31-23(30)16-8-10-28(11-9-16)22(29)15-4-6-18(24)7-5-15/h2-7,12,16H,8-11,13H2,1H3. The summed E-state index contributed by atoms with van der Waals surface area (Å²) in [5, 5.41) is 3.80. The Bertz CT molecular complexity index is 1120. The number of likely N-dealkylation sites (tertiary alicyclic amines) is 1. The lowest BCUT2D eigenvalue weighted by atomic mass is 9.96. The first-order valence-corrected chi connectivity index (χ1v) is 10.2. The molecule has 32 heavy (non-hydrogen) atoms. The molecule has 0 atom stereocenters. The van der Waals surface area contributed by atoms with Gasteiger partial charge in [-0.05, 0) is 55.7 Å². The Morgan fingerprint density at radius 1 is 1.12 bits per heavy atom.